The number of anilines is 1. The van der Waals surface area contributed by atoms with Crippen LogP contribution in [0.4, 0.5) is 23.8 Å². The molecule has 208 valence electrons. The summed E-state index contributed by atoms with van der Waals surface area (Å²) in [7, 11) is -3.94. The van der Waals surface area contributed by atoms with Crippen molar-refractivity contribution in [3.63, 3.8) is 0 Å². The summed E-state index contributed by atoms with van der Waals surface area (Å²) in [5.74, 6) is -5.51. The van der Waals surface area contributed by atoms with Gasteiger partial charge < -0.3 is 10.4 Å². The van der Waals surface area contributed by atoms with Crippen molar-refractivity contribution in [1.82, 2.24) is 20.0 Å². The number of halogens is 3. The summed E-state index contributed by atoms with van der Waals surface area (Å²) in [5, 5.41) is 21.5. The predicted molar refractivity (Wildman–Crippen MR) is 137 cm³/mol. The van der Waals surface area contributed by atoms with Gasteiger partial charge in [-0.3, -0.25) is 24.0 Å². The molecule has 0 bridgehead atoms. The first-order valence-electron chi connectivity index (χ1n) is 11.7. The van der Waals surface area contributed by atoms with E-state index >= 15 is 4.39 Å². The van der Waals surface area contributed by atoms with E-state index in [4.69, 9.17) is 5.26 Å². The lowest BCUT2D eigenvalue weighted by Crippen LogP contribution is -2.73. The van der Waals surface area contributed by atoms with Crippen molar-refractivity contribution in [2.45, 2.75) is 55.6 Å². The summed E-state index contributed by atoms with van der Waals surface area (Å²) >= 11 is 0. The largest absolute Gasteiger partial charge is 0.465 e. The zero-order valence-corrected chi connectivity index (χ0v) is 22.2. The van der Waals surface area contributed by atoms with E-state index in [1.807, 2.05) is 6.07 Å². The van der Waals surface area contributed by atoms with Crippen molar-refractivity contribution in [3.05, 3.63) is 52.7 Å². The van der Waals surface area contributed by atoms with Gasteiger partial charge in [0.15, 0.2) is 0 Å². The molecule has 2 atom stereocenters. The highest BCUT2D eigenvalue weighted by Gasteiger charge is 2.62. The molecule has 2 aliphatic heterocycles. The van der Waals surface area contributed by atoms with Crippen LogP contribution in [0.25, 0.3) is 0 Å². The average Bonchev–Trinajstić information content (AvgIpc) is 2.84. The molecule has 4 rings (SSSR count). The van der Waals surface area contributed by atoms with Crippen molar-refractivity contribution >= 4 is 33.8 Å². The van der Waals surface area contributed by atoms with Crippen molar-refractivity contribution < 1.29 is 32.1 Å². The molecule has 0 aromatic carbocycles. The topological polar surface area (TPSA) is 169 Å². The number of carbonyl (C=O) groups is 2. The first-order valence-corrected chi connectivity index (χ1v) is 13.5. The normalized spacial score (nSPS) is 25.3. The van der Waals surface area contributed by atoms with Crippen LogP contribution in [0.15, 0.2) is 29.4 Å². The molecule has 1 fully saturated rings. The fourth-order valence-corrected chi connectivity index (χ4v) is 8.67. The van der Waals surface area contributed by atoms with Crippen LogP contribution in [0.5, 0.6) is 0 Å². The average molecular weight is 566 g/mol. The third kappa shape index (κ3) is 4.74. The van der Waals surface area contributed by atoms with Crippen LogP contribution in [-0.4, -0.2) is 59.6 Å². The number of hydrogen-bond donors (Lipinski definition) is 5. The number of aryl methyl sites for hydroxylation is 1. The Kier molecular flexibility index (Phi) is 6.76. The molecule has 0 radical (unpaired) electrons. The number of fused-ring (bicyclic) bond motifs is 1. The molecule has 4 N–H and O–H groups in total. The highest BCUT2D eigenvalue weighted by Crippen LogP contribution is 2.50. The molecule has 0 unspecified atom stereocenters. The number of pyridine rings is 2. The summed E-state index contributed by atoms with van der Waals surface area (Å²) in [6.45, 7) is 4.74. The van der Waals surface area contributed by atoms with Crippen LogP contribution in [0, 0.1) is 24.1 Å². The van der Waals surface area contributed by atoms with E-state index in [0.717, 1.165) is 12.1 Å². The zero-order chi connectivity index (χ0) is 29.0. The van der Waals surface area contributed by atoms with E-state index in [0.29, 0.717) is 5.56 Å². The lowest BCUT2D eigenvalue weighted by molar-refractivity contribution is -0.0139. The first-order chi connectivity index (χ1) is 18.0. The van der Waals surface area contributed by atoms with Crippen molar-refractivity contribution in [1.29, 1.82) is 5.26 Å². The number of carboxylic acid groups (broad SMARTS) is 1. The van der Waals surface area contributed by atoms with Gasteiger partial charge in [0.1, 0.15) is 40.5 Å². The Morgan fingerprint density at radius 1 is 1.26 bits per heavy atom. The maximum Gasteiger partial charge on any atom is 0.410 e. The second-order valence-electron chi connectivity index (χ2n) is 10.1. The SMILES string of the molecule is Cc1cc(C#N)cnc1C(=O)Nc1ccc(F)c([C@@]2(C)N=C(NC(=O)O)C(C)(C)[SH]3(=O)NCC(F)(F)C[C@H]23)n1. The van der Waals surface area contributed by atoms with E-state index in [1.165, 1.54) is 33.0 Å². The molecule has 39 heavy (non-hydrogen) atoms. The standard InChI is InChI=1S/C24H26F3N7O4S/c1-12-7-13(9-28)10-29-17(12)19(35)32-16-6-5-14(25)18(31-16)23(4)15-8-24(26,27)11-30-39(15,38)22(2,3)20(34-23)33-21(36)37/h5-7,10,15,39H,8,11H2,1-4H3,(H,30,38)(H,33,34)(H,36,37)(H,31,32,35)/t15-,23+/m1/s1. The number of amidine groups is 1. The minimum Gasteiger partial charge on any atom is -0.465 e. The number of nitriles is 1. The molecule has 2 aliphatic rings. The number of alkyl halides is 2. The van der Waals surface area contributed by atoms with E-state index in [2.05, 4.69) is 30.3 Å². The van der Waals surface area contributed by atoms with Crippen LogP contribution in [0.1, 0.15) is 54.5 Å². The number of thiol groups is 1. The van der Waals surface area contributed by atoms with Crippen molar-refractivity contribution in [2.24, 2.45) is 4.99 Å². The number of nitrogens with zero attached hydrogens (tertiary/aromatic N) is 4. The van der Waals surface area contributed by atoms with Gasteiger partial charge in [-0.1, -0.05) is 0 Å². The van der Waals surface area contributed by atoms with Gasteiger partial charge >= 0.3 is 6.09 Å². The summed E-state index contributed by atoms with van der Waals surface area (Å²) in [6.07, 6.45) is -1.25. The Bertz CT molecular complexity index is 1510. The minimum absolute atomic E-state index is 0.0288. The first kappa shape index (κ1) is 28.1. The molecule has 2 aromatic heterocycles. The molecule has 11 nitrogen and oxygen atoms in total. The van der Waals surface area contributed by atoms with Crippen LogP contribution in [0.2, 0.25) is 0 Å². The van der Waals surface area contributed by atoms with Gasteiger partial charge in [0.2, 0.25) is 0 Å². The van der Waals surface area contributed by atoms with Gasteiger partial charge in [0.25, 0.3) is 11.8 Å². The number of rotatable bonds is 3. The van der Waals surface area contributed by atoms with Gasteiger partial charge in [0.05, 0.1) is 22.1 Å². The minimum atomic E-state index is -3.94. The highest BCUT2D eigenvalue weighted by molar-refractivity contribution is 8.04. The summed E-state index contributed by atoms with van der Waals surface area (Å²) in [4.78, 5) is 36.9. The molecule has 15 heteroatoms. The fraction of sp³-hybridized carbons (Fsp3) is 0.417. The molecule has 0 saturated carbocycles. The van der Waals surface area contributed by atoms with Crippen LogP contribution in [0.3, 0.4) is 0 Å². The predicted octanol–water partition coefficient (Wildman–Crippen LogP) is 2.65. The van der Waals surface area contributed by atoms with E-state index in [9.17, 15) is 27.7 Å². The second kappa shape index (κ2) is 9.38. The molecule has 0 spiro atoms. The van der Waals surface area contributed by atoms with Gasteiger partial charge in [-0.2, -0.15) is 5.26 Å². The lowest BCUT2D eigenvalue weighted by Gasteiger charge is -2.57. The quantitative estimate of drug-likeness (QED) is 0.356. The highest BCUT2D eigenvalue weighted by atomic mass is 32.3. The maximum absolute atomic E-state index is 15.3. The smallest absolute Gasteiger partial charge is 0.410 e. The number of nitrogens with one attached hydrogen (secondary N) is 3. The number of carbonyl (C=O) groups excluding carboxylic acids is 1. The number of amides is 2. The van der Waals surface area contributed by atoms with Crippen LogP contribution >= 0.6 is 0 Å². The Balaban J connectivity index is 1.83. The number of aliphatic imine (C=N–C) groups is 1. The van der Waals surface area contributed by atoms with Gasteiger partial charge in [0, 0.05) is 12.6 Å². The summed E-state index contributed by atoms with van der Waals surface area (Å²) in [5.41, 5.74) is -1.92. The monoisotopic (exact) mass is 565 g/mol. The molecule has 2 aromatic rings. The Morgan fingerprint density at radius 3 is 2.56 bits per heavy atom. The third-order valence-corrected chi connectivity index (χ3v) is 11.2. The van der Waals surface area contributed by atoms with E-state index < -0.39 is 68.1 Å². The van der Waals surface area contributed by atoms with Gasteiger partial charge in [-0.15, -0.1) is 0 Å². The molecular formula is C24H26F3N7O4S. The zero-order valence-electron chi connectivity index (χ0n) is 21.3. The van der Waals surface area contributed by atoms with Crippen LogP contribution < -0.4 is 15.4 Å². The van der Waals surface area contributed by atoms with E-state index in [1.54, 1.807) is 6.92 Å². The van der Waals surface area contributed by atoms with Crippen LogP contribution in [-0.2, 0) is 15.7 Å². The number of aromatic nitrogens is 2. The van der Waals surface area contributed by atoms with Gasteiger partial charge in [-0.05, 0) is 61.6 Å². The van der Waals surface area contributed by atoms with Gasteiger partial charge in [-0.25, -0.2) is 27.9 Å². The third-order valence-electron chi connectivity index (χ3n) is 7.12. The summed E-state index contributed by atoms with van der Waals surface area (Å²) < 4.78 is 60.0. The maximum atomic E-state index is 15.3. The Morgan fingerprint density at radius 2 is 1.95 bits per heavy atom. The summed E-state index contributed by atoms with van der Waals surface area (Å²) in [6, 6.07) is 5.44. The van der Waals surface area contributed by atoms with Crippen molar-refractivity contribution in [2.75, 3.05) is 11.9 Å². The van der Waals surface area contributed by atoms with Crippen molar-refractivity contribution in [3.8, 4) is 6.07 Å². The number of hydrogen-bond acceptors (Lipinski definition) is 7. The molecule has 1 saturated heterocycles. The lowest BCUT2D eigenvalue weighted by atomic mass is 9.88. The fourth-order valence-electron chi connectivity index (χ4n) is 4.98. The molecular weight excluding hydrogens is 539 g/mol. The second-order valence-corrected chi connectivity index (χ2v) is 13.5. The molecule has 2 amide bonds. The van der Waals surface area contributed by atoms with E-state index in [-0.39, 0.29) is 22.9 Å². The molecule has 4 heterocycles. The Hall–Kier alpha value is -3.90. The molecule has 0 aliphatic carbocycles. The Labute approximate surface area is 222 Å².